The molecule has 2 heteroatoms. The SMILES string of the molecule is C#CCOc1cccc2c1CCCC2N. The Hall–Kier alpha value is -1.46. The van der Waals surface area contributed by atoms with Gasteiger partial charge in [0.25, 0.3) is 0 Å². The number of rotatable bonds is 2. The number of fused-ring (bicyclic) bond motifs is 1. The predicted molar refractivity (Wildman–Crippen MR) is 60.6 cm³/mol. The molecule has 2 nitrogen and oxygen atoms in total. The fourth-order valence-electron chi connectivity index (χ4n) is 2.11. The molecule has 0 saturated carbocycles. The van der Waals surface area contributed by atoms with Gasteiger partial charge in [0.1, 0.15) is 12.4 Å². The zero-order valence-electron chi connectivity index (χ0n) is 8.70. The third kappa shape index (κ3) is 1.98. The normalized spacial score (nSPS) is 19.1. The van der Waals surface area contributed by atoms with Gasteiger partial charge >= 0.3 is 0 Å². The van der Waals surface area contributed by atoms with Crippen LogP contribution >= 0.6 is 0 Å². The van der Waals surface area contributed by atoms with Crippen molar-refractivity contribution in [3.8, 4) is 18.1 Å². The highest BCUT2D eigenvalue weighted by atomic mass is 16.5. The van der Waals surface area contributed by atoms with E-state index in [1.54, 1.807) is 0 Å². The summed E-state index contributed by atoms with van der Waals surface area (Å²) in [5.74, 6) is 3.38. The maximum absolute atomic E-state index is 6.05. The maximum Gasteiger partial charge on any atom is 0.148 e. The number of ether oxygens (including phenoxy) is 1. The summed E-state index contributed by atoms with van der Waals surface area (Å²) < 4.78 is 5.51. The standard InChI is InChI=1S/C13H15NO/c1-2-9-15-13-8-4-5-10-11(13)6-3-7-12(10)14/h1,4-5,8,12H,3,6-7,9,14H2. The summed E-state index contributed by atoms with van der Waals surface area (Å²) >= 11 is 0. The van der Waals surface area contributed by atoms with Gasteiger partial charge in [0, 0.05) is 6.04 Å². The minimum Gasteiger partial charge on any atom is -0.481 e. The van der Waals surface area contributed by atoms with Gasteiger partial charge in [-0.3, -0.25) is 0 Å². The van der Waals surface area contributed by atoms with Crippen molar-refractivity contribution in [1.82, 2.24) is 0 Å². The average Bonchev–Trinajstić information content (AvgIpc) is 2.27. The molecular weight excluding hydrogens is 186 g/mol. The monoisotopic (exact) mass is 201 g/mol. The van der Waals surface area contributed by atoms with Gasteiger partial charge in [-0.1, -0.05) is 18.1 Å². The van der Waals surface area contributed by atoms with Crippen LogP contribution in [0, 0.1) is 12.3 Å². The zero-order chi connectivity index (χ0) is 10.7. The second kappa shape index (κ2) is 4.37. The van der Waals surface area contributed by atoms with Gasteiger partial charge in [0.15, 0.2) is 0 Å². The molecule has 1 aromatic carbocycles. The van der Waals surface area contributed by atoms with E-state index in [2.05, 4.69) is 12.0 Å². The number of terminal acetylenes is 1. The van der Waals surface area contributed by atoms with E-state index >= 15 is 0 Å². The van der Waals surface area contributed by atoms with Crippen molar-refractivity contribution in [2.75, 3.05) is 6.61 Å². The number of hydrogen-bond acceptors (Lipinski definition) is 2. The highest BCUT2D eigenvalue weighted by Crippen LogP contribution is 2.33. The smallest absolute Gasteiger partial charge is 0.148 e. The first-order chi connectivity index (χ1) is 7.33. The molecule has 1 aromatic rings. The van der Waals surface area contributed by atoms with Crippen LogP contribution in [0.15, 0.2) is 18.2 Å². The molecule has 2 N–H and O–H groups in total. The van der Waals surface area contributed by atoms with Gasteiger partial charge in [0.2, 0.25) is 0 Å². The van der Waals surface area contributed by atoms with Gasteiger partial charge in [-0.25, -0.2) is 0 Å². The number of nitrogens with two attached hydrogens (primary N) is 1. The lowest BCUT2D eigenvalue weighted by molar-refractivity contribution is 0.362. The van der Waals surface area contributed by atoms with Gasteiger partial charge in [-0.2, -0.15) is 0 Å². The van der Waals surface area contributed by atoms with Gasteiger partial charge in [-0.15, -0.1) is 6.42 Å². The fraction of sp³-hybridized carbons (Fsp3) is 0.385. The first kappa shape index (κ1) is 10.1. The quantitative estimate of drug-likeness (QED) is 0.743. The molecule has 1 aliphatic carbocycles. The summed E-state index contributed by atoms with van der Waals surface area (Å²) in [7, 11) is 0. The molecule has 0 amide bonds. The number of benzene rings is 1. The fourth-order valence-corrected chi connectivity index (χ4v) is 2.11. The Labute approximate surface area is 90.4 Å². The lowest BCUT2D eigenvalue weighted by Crippen LogP contribution is -2.18. The first-order valence-electron chi connectivity index (χ1n) is 5.26. The van der Waals surface area contributed by atoms with Crippen LogP contribution in [-0.4, -0.2) is 6.61 Å². The van der Waals surface area contributed by atoms with E-state index in [1.807, 2.05) is 12.1 Å². The van der Waals surface area contributed by atoms with E-state index in [4.69, 9.17) is 16.9 Å². The summed E-state index contributed by atoms with van der Waals surface area (Å²) in [6, 6.07) is 6.19. The maximum atomic E-state index is 6.05. The lowest BCUT2D eigenvalue weighted by atomic mass is 9.88. The Morgan fingerprint density at radius 3 is 3.20 bits per heavy atom. The van der Waals surface area contributed by atoms with Crippen LogP contribution in [0.5, 0.6) is 5.75 Å². The van der Waals surface area contributed by atoms with Crippen molar-refractivity contribution < 1.29 is 4.74 Å². The summed E-state index contributed by atoms with van der Waals surface area (Å²) in [6.45, 7) is 0.325. The molecule has 0 aliphatic heterocycles. The highest BCUT2D eigenvalue weighted by molar-refractivity contribution is 5.43. The minimum absolute atomic E-state index is 0.156. The second-order valence-electron chi connectivity index (χ2n) is 3.82. The molecule has 78 valence electrons. The Kier molecular flexibility index (Phi) is 2.94. The molecule has 0 radical (unpaired) electrons. The van der Waals surface area contributed by atoms with Crippen molar-refractivity contribution in [2.24, 2.45) is 5.73 Å². The third-order valence-electron chi connectivity index (χ3n) is 2.82. The molecule has 0 heterocycles. The predicted octanol–water partition coefficient (Wildman–Crippen LogP) is 2.03. The largest absolute Gasteiger partial charge is 0.481 e. The highest BCUT2D eigenvalue weighted by Gasteiger charge is 2.19. The molecule has 1 atom stereocenters. The van der Waals surface area contributed by atoms with Crippen molar-refractivity contribution in [3.63, 3.8) is 0 Å². The lowest BCUT2D eigenvalue weighted by Gasteiger charge is -2.24. The van der Waals surface area contributed by atoms with Crippen LogP contribution in [0.25, 0.3) is 0 Å². The van der Waals surface area contributed by atoms with E-state index in [0.717, 1.165) is 25.0 Å². The third-order valence-corrected chi connectivity index (χ3v) is 2.82. The van der Waals surface area contributed by atoms with E-state index in [9.17, 15) is 0 Å². The molecule has 0 aromatic heterocycles. The second-order valence-corrected chi connectivity index (χ2v) is 3.82. The first-order valence-corrected chi connectivity index (χ1v) is 5.26. The molecule has 0 spiro atoms. The Morgan fingerprint density at radius 1 is 1.53 bits per heavy atom. The van der Waals surface area contributed by atoms with Gasteiger partial charge in [0.05, 0.1) is 0 Å². The zero-order valence-corrected chi connectivity index (χ0v) is 8.70. The van der Waals surface area contributed by atoms with Crippen LogP contribution in [0.2, 0.25) is 0 Å². The molecule has 15 heavy (non-hydrogen) atoms. The van der Waals surface area contributed by atoms with Gasteiger partial charge in [-0.05, 0) is 36.5 Å². The number of hydrogen-bond donors (Lipinski definition) is 1. The van der Waals surface area contributed by atoms with E-state index in [0.29, 0.717) is 6.61 Å². The molecule has 0 bridgehead atoms. The molecule has 2 rings (SSSR count). The Morgan fingerprint density at radius 2 is 2.40 bits per heavy atom. The summed E-state index contributed by atoms with van der Waals surface area (Å²) in [4.78, 5) is 0. The van der Waals surface area contributed by atoms with Crippen LogP contribution in [0.3, 0.4) is 0 Å². The van der Waals surface area contributed by atoms with Crippen LogP contribution in [-0.2, 0) is 6.42 Å². The van der Waals surface area contributed by atoms with E-state index in [-0.39, 0.29) is 6.04 Å². The van der Waals surface area contributed by atoms with Crippen molar-refractivity contribution >= 4 is 0 Å². The molecule has 1 aliphatic rings. The molecule has 0 saturated heterocycles. The average molecular weight is 201 g/mol. The van der Waals surface area contributed by atoms with Crippen LogP contribution in [0.4, 0.5) is 0 Å². The van der Waals surface area contributed by atoms with Crippen LogP contribution < -0.4 is 10.5 Å². The van der Waals surface area contributed by atoms with Crippen molar-refractivity contribution in [3.05, 3.63) is 29.3 Å². The van der Waals surface area contributed by atoms with Gasteiger partial charge < -0.3 is 10.5 Å². The summed E-state index contributed by atoms with van der Waals surface area (Å²) in [5, 5.41) is 0. The minimum atomic E-state index is 0.156. The van der Waals surface area contributed by atoms with E-state index < -0.39 is 0 Å². The molecule has 1 unspecified atom stereocenters. The van der Waals surface area contributed by atoms with Crippen molar-refractivity contribution in [1.29, 1.82) is 0 Å². The van der Waals surface area contributed by atoms with Crippen LogP contribution in [0.1, 0.15) is 30.0 Å². The Bertz CT molecular complexity index is 392. The molecule has 0 fully saturated rings. The Balaban J connectivity index is 2.32. The van der Waals surface area contributed by atoms with E-state index in [1.165, 1.54) is 11.1 Å². The summed E-state index contributed by atoms with van der Waals surface area (Å²) in [6.07, 6.45) is 8.42. The summed E-state index contributed by atoms with van der Waals surface area (Å²) in [5.41, 5.74) is 8.51. The van der Waals surface area contributed by atoms with Crippen molar-refractivity contribution in [2.45, 2.75) is 25.3 Å². The topological polar surface area (TPSA) is 35.2 Å². The molecular formula is C13H15NO.